The Morgan fingerprint density at radius 3 is 2.71 bits per heavy atom. The average molecular weight is 328 g/mol. The van der Waals surface area contributed by atoms with Crippen molar-refractivity contribution < 1.29 is 14.3 Å². The number of hydrogen-bond donors (Lipinski definition) is 1. The molecule has 128 valence electrons. The van der Waals surface area contributed by atoms with Gasteiger partial charge in [-0.3, -0.25) is 9.59 Å². The van der Waals surface area contributed by atoms with E-state index in [1.165, 1.54) is 12.8 Å². The molecule has 0 spiro atoms. The van der Waals surface area contributed by atoms with Gasteiger partial charge in [0, 0.05) is 25.6 Å². The number of likely N-dealkylation sites (tertiary alicyclic amines) is 1. The fourth-order valence-electron chi connectivity index (χ4n) is 3.77. The van der Waals surface area contributed by atoms with Crippen LogP contribution in [-0.2, 0) is 20.7 Å². The largest absolute Gasteiger partial charge is 0.375 e. The summed E-state index contributed by atoms with van der Waals surface area (Å²) >= 11 is 0. The van der Waals surface area contributed by atoms with Gasteiger partial charge in [-0.1, -0.05) is 30.3 Å². The van der Waals surface area contributed by atoms with E-state index in [1.54, 1.807) is 0 Å². The summed E-state index contributed by atoms with van der Waals surface area (Å²) in [7, 11) is 0. The van der Waals surface area contributed by atoms with Gasteiger partial charge in [-0.2, -0.15) is 0 Å². The molecule has 1 saturated carbocycles. The fourth-order valence-corrected chi connectivity index (χ4v) is 3.77. The number of fused-ring (bicyclic) bond motifs is 1. The molecule has 4 rings (SSSR count). The van der Waals surface area contributed by atoms with Crippen LogP contribution in [0.4, 0.5) is 0 Å². The maximum Gasteiger partial charge on any atom is 0.227 e. The predicted octanol–water partition coefficient (Wildman–Crippen LogP) is 1.23. The van der Waals surface area contributed by atoms with Crippen molar-refractivity contribution in [3.63, 3.8) is 0 Å². The van der Waals surface area contributed by atoms with Crippen molar-refractivity contribution in [2.75, 3.05) is 26.2 Å². The molecular weight excluding hydrogens is 304 g/mol. The molecule has 24 heavy (non-hydrogen) atoms. The molecule has 1 aromatic carbocycles. The summed E-state index contributed by atoms with van der Waals surface area (Å²) in [5.41, 5.74) is 1.03. The first kappa shape index (κ1) is 15.6. The van der Waals surface area contributed by atoms with E-state index in [2.05, 4.69) is 5.32 Å². The molecule has 2 aliphatic heterocycles. The summed E-state index contributed by atoms with van der Waals surface area (Å²) in [5, 5.41) is 3.06. The number of carbonyl (C=O) groups excluding carboxylic acids is 2. The average Bonchev–Trinajstić information content (AvgIpc) is 3.18. The molecule has 1 N–H and O–H groups in total. The number of rotatable bonds is 5. The molecule has 1 aliphatic carbocycles. The molecule has 0 aromatic heterocycles. The second kappa shape index (κ2) is 6.55. The van der Waals surface area contributed by atoms with Gasteiger partial charge in [0.2, 0.25) is 11.8 Å². The molecule has 5 nitrogen and oxygen atoms in total. The first-order valence-corrected chi connectivity index (χ1v) is 8.91. The Morgan fingerprint density at radius 1 is 1.17 bits per heavy atom. The van der Waals surface area contributed by atoms with Crippen LogP contribution in [0.15, 0.2) is 30.3 Å². The number of nitrogens with zero attached hydrogens (tertiary/aromatic N) is 1. The van der Waals surface area contributed by atoms with Gasteiger partial charge in [0.1, 0.15) is 0 Å². The quantitative estimate of drug-likeness (QED) is 0.884. The van der Waals surface area contributed by atoms with E-state index in [9.17, 15) is 9.59 Å². The number of ether oxygens (including phenoxy) is 1. The van der Waals surface area contributed by atoms with Crippen molar-refractivity contribution in [2.45, 2.75) is 25.4 Å². The van der Waals surface area contributed by atoms with Crippen molar-refractivity contribution in [1.82, 2.24) is 10.2 Å². The topological polar surface area (TPSA) is 58.6 Å². The Balaban J connectivity index is 1.33. The van der Waals surface area contributed by atoms with E-state index in [0.717, 1.165) is 12.1 Å². The standard InChI is InChI=1S/C19H24N2O3/c22-18(8-13-4-2-1-3-5-13)21-10-15-16(12-24-17(15)11-21)19(23)20-9-14-6-7-14/h1-5,14-17H,6-12H2,(H,20,23)/t15-,16+,17+/m0/s1. The van der Waals surface area contributed by atoms with Gasteiger partial charge < -0.3 is 15.0 Å². The monoisotopic (exact) mass is 328 g/mol. The van der Waals surface area contributed by atoms with Crippen molar-refractivity contribution in [3.8, 4) is 0 Å². The summed E-state index contributed by atoms with van der Waals surface area (Å²) in [6.45, 7) is 2.54. The molecule has 0 unspecified atom stereocenters. The Labute approximate surface area is 142 Å². The highest BCUT2D eigenvalue weighted by atomic mass is 16.5. The SMILES string of the molecule is O=C(NCC1CC1)[C@@H]1CO[C@@H]2CN(C(=O)Cc3ccccc3)C[C@H]21. The van der Waals surface area contributed by atoms with Gasteiger partial charge in [0.25, 0.3) is 0 Å². The van der Waals surface area contributed by atoms with Crippen LogP contribution in [0.5, 0.6) is 0 Å². The van der Waals surface area contributed by atoms with Crippen LogP contribution in [-0.4, -0.2) is 49.1 Å². The number of benzene rings is 1. The van der Waals surface area contributed by atoms with Crippen LogP contribution < -0.4 is 5.32 Å². The molecule has 5 heteroatoms. The van der Waals surface area contributed by atoms with Crippen molar-refractivity contribution in [3.05, 3.63) is 35.9 Å². The lowest BCUT2D eigenvalue weighted by Gasteiger charge is -2.19. The summed E-state index contributed by atoms with van der Waals surface area (Å²) in [5.74, 6) is 0.940. The smallest absolute Gasteiger partial charge is 0.227 e. The Hall–Kier alpha value is -1.88. The maximum atomic E-state index is 12.5. The predicted molar refractivity (Wildman–Crippen MR) is 89.2 cm³/mol. The van der Waals surface area contributed by atoms with Crippen LogP contribution in [0, 0.1) is 17.8 Å². The summed E-state index contributed by atoms with van der Waals surface area (Å²) in [6, 6.07) is 9.79. The fraction of sp³-hybridized carbons (Fsp3) is 0.579. The number of carbonyl (C=O) groups is 2. The van der Waals surface area contributed by atoms with Crippen molar-refractivity contribution in [2.24, 2.45) is 17.8 Å². The van der Waals surface area contributed by atoms with Gasteiger partial charge in [0.05, 0.1) is 25.0 Å². The Kier molecular flexibility index (Phi) is 4.27. The highest BCUT2D eigenvalue weighted by Crippen LogP contribution is 2.34. The summed E-state index contributed by atoms with van der Waals surface area (Å²) in [4.78, 5) is 26.8. The second-order valence-electron chi connectivity index (χ2n) is 7.29. The van der Waals surface area contributed by atoms with E-state index in [4.69, 9.17) is 4.74 Å². The molecule has 1 aromatic rings. The van der Waals surface area contributed by atoms with Gasteiger partial charge >= 0.3 is 0 Å². The number of hydrogen-bond acceptors (Lipinski definition) is 3. The zero-order valence-electron chi connectivity index (χ0n) is 13.8. The van der Waals surface area contributed by atoms with E-state index >= 15 is 0 Å². The highest BCUT2D eigenvalue weighted by Gasteiger charge is 2.47. The number of amides is 2. The van der Waals surface area contributed by atoms with Crippen LogP contribution in [0.2, 0.25) is 0 Å². The van der Waals surface area contributed by atoms with E-state index in [1.807, 2.05) is 35.2 Å². The summed E-state index contributed by atoms with van der Waals surface area (Å²) in [6.07, 6.45) is 2.89. The van der Waals surface area contributed by atoms with E-state index < -0.39 is 0 Å². The lowest BCUT2D eigenvalue weighted by Crippen LogP contribution is -2.38. The molecule has 2 saturated heterocycles. The lowest BCUT2D eigenvalue weighted by molar-refractivity contribution is -0.131. The zero-order valence-corrected chi connectivity index (χ0v) is 13.8. The third-order valence-corrected chi connectivity index (χ3v) is 5.47. The van der Waals surface area contributed by atoms with Crippen molar-refractivity contribution in [1.29, 1.82) is 0 Å². The number of nitrogens with one attached hydrogen (secondary N) is 1. The molecule has 3 fully saturated rings. The van der Waals surface area contributed by atoms with E-state index in [-0.39, 0.29) is 29.8 Å². The Morgan fingerprint density at radius 2 is 1.96 bits per heavy atom. The minimum absolute atomic E-state index is 0.0152. The molecule has 0 radical (unpaired) electrons. The minimum Gasteiger partial charge on any atom is -0.375 e. The molecule has 3 atom stereocenters. The van der Waals surface area contributed by atoms with Gasteiger partial charge in [-0.15, -0.1) is 0 Å². The van der Waals surface area contributed by atoms with Crippen LogP contribution in [0.25, 0.3) is 0 Å². The lowest BCUT2D eigenvalue weighted by atomic mass is 9.92. The molecule has 3 aliphatic rings. The van der Waals surface area contributed by atoms with Gasteiger partial charge in [-0.25, -0.2) is 0 Å². The third-order valence-electron chi connectivity index (χ3n) is 5.47. The summed E-state index contributed by atoms with van der Waals surface area (Å²) < 4.78 is 5.81. The van der Waals surface area contributed by atoms with E-state index in [0.29, 0.717) is 32.0 Å². The molecular formula is C19H24N2O3. The second-order valence-corrected chi connectivity index (χ2v) is 7.29. The minimum atomic E-state index is -0.108. The maximum absolute atomic E-state index is 12.5. The van der Waals surface area contributed by atoms with Crippen LogP contribution >= 0.6 is 0 Å². The highest BCUT2D eigenvalue weighted by molar-refractivity contribution is 5.81. The van der Waals surface area contributed by atoms with Crippen LogP contribution in [0.3, 0.4) is 0 Å². The first-order valence-electron chi connectivity index (χ1n) is 8.91. The molecule has 2 amide bonds. The normalized spacial score (nSPS) is 28.7. The van der Waals surface area contributed by atoms with Crippen molar-refractivity contribution >= 4 is 11.8 Å². The van der Waals surface area contributed by atoms with Gasteiger partial charge in [0.15, 0.2) is 0 Å². The van der Waals surface area contributed by atoms with Crippen LogP contribution in [0.1, 0.15) is 18.4 Å². The zero-order chi connectivity index (χ0) is 16.5. The molecule has 0 bridgehead atoms. The molecule has 2 heterocycles. The third kappa shape index (κ3) is 3.31. The Bertz CT molecular complexity index is 614. The first-order chi connectivity index (χ1) is 11.7. The van der Waals surface area contributed by atoms with Gasteiger partial charge in [-0.05, 0) is 24.3 Å².